The Kier molecular flexibility index (Phi) is 4.04. The summed E-state index contributed by atoms with van der Waals surface area (Å²) in [5.74, 6) is 0.0161. The van der Waals surface area contributed by atoms with Crippen molar-refractivity contribution < 1.29 is 4.79 Å². The van der Waals surface area contributed by atoms with Gasteiger partial charge in [-0.1, -0.05) is 18.2 Å². The van der Waals surface area contributed by atoms with E-state index in [0.717, 1.165) is 41.7 Å². The summed E-state index contributed by atoms with van der Waals surface area (Å²) in [6, 6.07) is 10.4. The molecule has 1 amide bonds. The summed E-state index contributed by atoms with van der Waals surface area (Å²) in [4.78, 5) is 20.7. The third-order valence-electron chi connectivity index (χ3n) is 5.24. The Morgan fingerprint density at radius 1 is 1.32 bits per heavy atom. The number of aryl methyl sites for hydroxylation is 3. The number of aromatic nitrogens is 2. The Morgan fingerprint density at radius 3 is 3.00 bits per heavy atom. The van der Waals surface area contributed by atoms with Gasteiger partial charge in [-0.25, -0.2) is 0 Å². The van der Waals surface area contributed by atoms with Crippen LogP contribution in [0.25, 0.3) is 10.9 Å². The minimum Gasteiger partial charge on any atom is -0.357 e. The van der Waals surface area contributed by atoms with Crippen molar-refractivity contribution in [2.24, 2.45) is 0 Å². The van der Waals surface area contributed by atoms with E-state index in [1.54, 1.807) is 0 Å². The van der Waals surface area contributed by atoms with Crippen LogP contribution in [-0.4, -0.2) is 15.9 Å². The fraction of sp³-hybridized carbons (Fsp3) is 0.333. The van der Waals surface area contributed by atoms with Gasteiger partial charge in [-0.05, 0) is 61.9 Å². The maximum atomic E-state index is 12.8. The third-order valence-corrected chi connectivity index (χ3v) is 5.24. The van der Waals surface area contributed by atoms with Crippen molar-refractivity contribution in [1.82, 2.24) is 15.3 Å². The number of nitrogens with one attached hydrogen (secondary N) is 2. The van der Waals surface area contributed by atoms with Crippen molar-refractivity contribution in [3.05, 3.63) is 64.6 Å². The number of H-pyrrole nitrogens is 1. The zero-order valence-corrected chi connectivity index (χ0v) is 14.7. The van der Waals surface area contributed by atoms with Crippen molar-refractivity contribution in [3.63, 3.8) is 0 Å². The molecule has 128 valence electrons. The van der Waals surface area contributed by atoms with Gasteiger partial charge in [0.1, 0.15) is 0 Å². The standard InChI is InChI=1S/C21H23N3O/c1-13-10-14(2)22-11-15(13)12-23-21(25)18-8-5-7-17-16-6-3-4-9-19(16)24-20(17)18/h3-4,6,9-11,18,24H,5,7-8,12H2,1-2H3,(H,23,25)/t18-/m1/s1. The molecule has 0 fully saturated rings. The van der Waals surface area contributed by atoms with Crippen molar-refractivity contribution >= 4 is 16.8 Å². The Bertz CT molecular complexity index is 941. The Labute approximate surface area is 147 Å². The van der Waals surface area contributed by atoms with Crippen molar-refractivity contribution in [2.75, 3.05) is 0 Å². The van der Waals surface area contributed by atoms with Gasteiger partial charge in [0.2, 0.25) is 5.91 Å². The van der Waals surface area contributed by atoms with Crippen molar-refractivity contribution in [2.45, 2.75) is 45.6 Å². The molecule has 2 N–H and O–H groups in total. The van der Waals surface area contributed by atoms with Crippen LogP contribution in [0, 0.1) is 13.8 Å². The highest BCUT2D eigenvalue weighted by atomic mass is 16.1. The lowest BCUT2D eigenvalue weighted by Gasteiger charge is -2.22. The maximum absolute atomic E-state index is 12.8. The second kappa shape index (κ2) is 6.36. The number of hydrogen-bond acceptors (Lipinski definition) is 2. The third kappa shape index (κ3) is 2.93. The molecule has 0 spiro atoms. The SMILES string of the molecule is Cc1cc(C)c(CNC(=O)[C@@H]2CCCc3c2[nH]c2ccccc32)cn1. The van der Waals surface area contributed by atoms with Gasteiger partial charge in [-0.3, -0.25) is 9.78 Å². The van der Waals surface area contributed by atoms with E-state index in [1.807, 2.05) is 19.2 Å². The number of amides is 1. The summed E-state index contributed by atoms with van der Waals surface area (Å²) in [6.45, 7) is 4.57. The highest BCUT2D eigenvalue weighted by molar-refractivity contribution is 5.90. The van der Waals surface area contributed by atoms with Gasteiger partial charge in [0.05, 0.1) is 5.92 Å². The van der Waals surface area contributed by atoms with Crippen LogP contribution >= 0.6 is 0 Å². The molecule has 1 aliphatic carbocycles. The molecule has 2 aromatic heterocycles. The summed E-state index contributed by atoms with van der Waals surface area (Å²) < 4.78 is 0. The van der Waals surface area contributed by atoms with Crippen LogP contribution in [0.3, 0.4) is 0 Å². The quantitative estimate of drug-likeness (QED) is 0.763. The molecule has 1 aromatic carbocycles. The van der Waals surface area contributed by atoms with Crippen LogP contribution < -0.4 is 5.32 Å². The van der Waals surface area contributed by atoms with Crippen molar-refractivity contribution in [1.29, 1.82) is 0 Å². The molecule has 4 heteroatoms. The number of carbonyl (C=O) groups is 1. The molecule has 2 heterocycles. The van der Waals surface area contributed by atoms with E-state index < -0.39 is 0 Å². The summed E-state index contributed by atoms with van der Waals surface area (Å²) in [5.41, 5.74) is 6.79. The zero-order valence-electron chi connectivity index (χ0n) is 14.7. The molecule has 0 bridgehead atoms. The molecule has 0 radical (unpaired) electrons. The number of aromatic amines is 1. The van der Waals surface area contributed by atoms with Gasteiger partial charge in [-0.2, -0.15) is 0 Å². The van der Waals surface area contributed by atoms with Crippen LogP contribution in [0.5, 0.6) is 0 Å². The van der Waals surface area contributed by atoms with Gasteiger partial charge >= 0.3 is 0 Å². The predicted molar refractivity (Wildman–Crippen MR) is 99.5 cm³/mol. The summed E-state index contributed by atoms with van der Waals surface area (Å²) in [7, 11) is 0. The second-order valence-corrected chi connectivity index (χ2v) is 6.98. The monoisotopic (exact) mass is 333 g/mol. The molecule has 4 nitrogen and oxygen atoms in total. The maximum Gasteiger partial charge on any atom is 0.229 e. The predicted octanol–water partition coefficient (Wildman–Crippen LogP) is 3.92. The number of para-hydroxylation sites is 1. The average Bonchev–Trinajstić information content (AvgIpc) is 2.99. The molecule has 3 aromatic rings. The first-order valence-electron chi connectivity index (χ1n) is 8.93. The zero-order chi connectivity index (χ0) is 17.4. The topological polar surface area (TPSA) is 57.8 Å². The van der Waals surface area contributed by atoms with E-state index in [-0.39, 0.29) is 11.8 Å². The Balaban J connectivity index is 1.55. The molecule has 0 saturated heterocycles. The van der Waals surface area contributed by atoms with Crippen LogP contribution in [0.2, 0.25) is 0 Å². The lowest BCUT2D eigenvalue weighted by atomic mass is 9.86. The number of carbonyl (C=O) groups excluding carboxylic acids is 1. The van der Waals surface area contributed by atoms with E-state index in [4.69, 9.17) is 0 Å². The van der Waals surface area contributed by atoms with Gasteiger partial charge in [0, 0.05) is 35.0 Å². The largest absolute Gasteiger partial charge is 0.357 e. The Hall–Kier alpha value is -2.62. The van der Waals surface area contributed by atoms with E-state index in [1.165, 1.54) is 16.5 Å². The normalized spacial score (nSPS) is 16.6. The molecule has 4 rings (SSSR count). The van der Waals surface area contributed by atoms with Crippen LogP contribution in [-0.2, 0) is 17.8 Å². The molecule has 0 saturated carbocycles. The summed E-state index contributed by atoms with van der Waals surface area (Å²) >= 11 is 0. The number of nitrogens with zero attached hydrogens (tertiary/aromatic N) is 1. The minimum atomic E-state index is -0.0881. The van der Waals surface area contributed by atoms with E-state index >= 15 is 0 Å². The van der Waals surface area contributed by atoms with Gasteiger partial charge in [0.15, 0.2) is 0 Å². The number of benzene rings is 1. The molecular formula is C21H23N3O. The lowest BCUT2D eigenvalue weighted by molar-refractivity contribution is -0.123. The number of rotatable bonds is 3. The van der Waals surface area contributed by atoms with Gasteiger partial charge < -0.3 is 10.3 Å². The number of fused-ring (bicyclic) bond motifs is 3. The highest BCUT2D eigenvalue weighted by Gasteiger charge is 2.29. The molecule has 0 aliphatic heterocycles. The van der Waals surface area contributed by atoms with Gasteiger partial charge in [-0.15, -0.1) is 0 Å². The summed E-state index contributed by atoms with van der Waals surface area (Å²) in [6.07, 6.45) is 4.86. The molecule has 0 unspecified atom stereocenters. The lowest BCUT2D eigenvalue weighted by Crippen LogP contribution is -2.31. The van der Waals surface area contributed by atoms with Crippen LogP contribution in [0.4, 0.5) is 0 Å². The van der Waals surface area contributed by atoms with Crippen LogP contribution in [0.15, 0.2) is 36.5 Å². The van der Waals surface area contributed by atoms with Crippen molar-refractivity contribution in [3.8, 4) is 0 Å². The van der Waals surface area contributed by atoms with E-state index in [0.29, 0.717) is 6.54 Å². The fourth-order valence-electron chi connectivity index (χ4n) is 3.89. The fourth-order valence-corrected chi connectivity index (χ4v) is 3.89. The van der Waals surface area contributed by atoms with Crippen LogP contribution in [0.1, 0.15) is 46.8 Å². The molecular weight excluding hydrogens is 310 g/mol. The number of pyridine rings is 1. The molecule has 25 heavy (non-hydrogen) atoms. The average molecular weight is 333 g/mol. The minimum absolute atomic E-state index is 0.0881. The molecule has 1 atom stereocenters. The molecule has 1 aliphatic rings. The van der Waals surface area contributed by atoms with E-state index in [2.05, 4.69) is 46.5 Å². The summed E-state index contributed by atoms with van der Waals surface area (Å²) in [5, 5.41) is 4.37. The first-order valence-corrected chi connectivity index (χ1v) is 8.93. The smallest absolute Gasteiger partial charge is 0.229 e. The van der Waals surface area contributed by atoms with E-state index in [9.17, 15) is 4.79 Å². The highest BCUT2D eigenvalue weighted by Crippen LogP contribution is 2.36. The first kappa shape index (κ1) is 15.9. The Morgan fingerprint density at radius 2 is 2.16 bits per heavy atom. The first-order chi connectivity index (χ1) is 12.1. The second-order valence-electron chi connectivity index (χ2n) is 6.98. The number of hydrogen-bond donors (Lipinski definition) is 2. The van der Waals surface area contributed by atoms with Gasteiger partial charge in [0.25, 0.3) is 0 Å².